The number of hydrogen-bond donors (Lipinski definition) is 0. The molecule has 74 valence electrons. The second-order valence-electron chi connectivity index (χ2n) is 3.34. The number of carbonyl (C=O) groups is 1. The van der Waals surface area contributed by atoms with Gasteiger partial charge in [-0.25, -0.2) is 0 Å². The number of benzene rings is 1. The number of carbonyl (C=O) groups excluding carboxylic acids is 1. The van der Waals surface area contributed by atoms with E-state index in [0.29, 0.717) is 21.5 Å². The molecule has 0 radical (unpaired) electrons. The molecule has 1 unspecified atom stereocenters. The Morgan fingerprint density at radius 3 is 2.07 bits per heavy atom. The van der Waals surface area contributed by atoms with Crippen LogP contribution < -0.4 is 0 Å². The molecule has 0 bridgehead atoms. The lowest BCUT2D eigenvalue weighted by atomic mass is 9.78. The van der Waals surface area contributed by atoms with Gasteiger partial charge in [-0.05, 0) is 24.1 Å². The predicted molar refractivity (Wildman–Crippen MR) is 58.5 cm³/mol. The van der Waals surface area contributed by atoms with Crippen LogP contribution in [-0.2, 0) is 4.79 Å². The zero-order chi connectivity index (χ0) is 10.3. The molecule has 2 rings (SSSR count). The maximum absolute atomic E-state index is 11.3. The topological polar surface area (TPSA) is 17.1 Å². The fourth-order valence-corrected chi connectivity index (χ4v) is 2.68. The van der Waals surface area contributed by atoms with Crippen LogP contribution in [0.5, 0.6) is 0 Å². The highest BCUT2D eigenvalue weighted by atomic mass is 35.5. The first-order chi connectivity index (χ1) is 6.59. The molecule has 0 heterocycles. The molecule has 1 aromatic carbocycles. The zero-order valence-corrected chi connectivity index (χ0v) is 9.46. The number of Topliss-reactive ketones (excluding diaryl/α,β-unsaturated/α-hetero) is 1. The van der Waals surface area contributed by atoms with Gasteiger partial charge in [-0.1, -0.05) is 34.8 Å². The first kappa shape index (κ1) is 10.3. The highest BCUT2D eigenvalue weighted by Gasteiger charge is 2.32. The van der Waals surface area contributed by atoms with Gasteiger partial charge in [0.2, 0.25) is 0 Å². The van der Waals surface area contributed by atoms with E-state index >= 15 is 0 Å². The highest BCUT2D eigenvalue weighted by molar-refractivity contribution is 6.39. The van der Waals surface area contributed by atoms with Gasteiger partial charge in [0, 0.05) is 27.4 Å². The normalized spacial score (nSPS) is 20.8. The Morgan fingerprint density at radius 2 is 1.71 bits per heavy atom. The molecular formula is C10H7Cl3O. The highest BCUT2D eigenvalue weighted by Crippen LogP contribution is 2.41. The average molecular weight is 250 g/mol. The van der Waals surface area contributed by atoms with Gasteiger partial charge >= 0.3 is 0 Å². The molecular weight excluding hydrogens is 242 g/mol. The van der Waals surface area contributed by atoms with Crippen molar-refractivity contribution in [1.29, 1.82) is 0 Å². The number of hydrogen-bond acceptors (Lipinski definition) is 1. The van der Waals surface area contributed by atoms with Crippen LogP contribution in [0.3, 0.4) is 0 Å². The molecule has 0 saturated heterocycles. The summed E-state index contributed by atoms with van der Waals surface area (Å²) in [5.41, 5.74) is 0.731. The predicted octanol–water partition coefficient (Wildman–Crippen LogP) is 4.09. The largest absolute Gasteiger partial charge is 0.299 e. The van der Waals surface area contributed by atoms with E-state index in [9.17, 15) is 4.79 Å². The lowest BCUT2D eigenvalue weighted by Crippen LogP contribution is -2.23. The van der Waals surface area contributed by atoms with E-state index in [4.69, 9.17) is 34.8 Å². The van der Waals surface area contributed by atoms with Crippen molar-refractivity contribution in [1.82, 2.24) is 0 Å². The average Bonchev–Trinajstić information content (AvgIpc) is 2.08. The van der Waals surface area contributed by atoms with Crippen molar-refractivity contribution in [3.63, 3.8) is 0 Å². The van der Waals surface area contributed by atoms with Crippen molar-refractivity contribution in [3.05, 3.63) is 32.8 Å². The molecule has 0 aromatic heterocycles. The van der Waals surface area contributed by atoms with Crippen LogP contribution in [0.2, 0.25) is 15.1 Å². The third-order valence-electron chi connectivity index (χ3n) is 2.46. The van der Waals surface area contributed by atoms with Gasteiger partial charge in [-0.2, -0.15) is 0 Å². The molecule has 0 aliphatic heterocycles. The Hall–Kier alpha value is -0.240. The second-order valence-corrected chi connectivity index (χ2v) is 4.59. The third-order valence-corrected chi connectivity index (χ3v) is 3.30. The zero-order valence-electron chi connectivity index (χ0n) is 7.19. The van der Waals surface area contributed by atoms with Gasteiger partial charge in [0.15, 0.2) is 0 Å². The summed E-state index contributed by atoms with van der Waals surface area (Å²) in [7, 11) is 0. The van der Waals surface area contributed by atoms with Crippen molar-refractivity contribution in [3.8, 4) is 0 Å². The van der Waals surface area contributed by atoms with Crippen LogP contribution in [0.15, 0.2) is 12.1 Å². The summed E-state index contributed by atoms with van der Waals surface area (Å²) in [5.74, 6) is 0.0865. The van der Waals surface area contributed by atoms with Crippen LogP contribution >= 0.6 is 34.8 Å². The molecule has 0 amide bonds. The molecule has 1 atom stereocenters. The van der Waals surface area contributed by atoms with E-state index < -0.39 is 0 Å². The van der Waals surface area contributed by atoms with Gasteiger partial charge in [-0.3, -0.25) is 4.79 Å². The summed E-state index contributed by atoms with van der Waals surface area (Å²) < 4.78 is 0. The smallest absolute Gasteiger partial charge is 0.140 e. The summed E-state index contributed by atoms with van der Waals surface area (Å²) in [4.78, 5) is 11.3. The molecule has 4 heteroatoms. The Labute approximate surface area is 97.0 Å². The maximum atomic E-state index is 11.3. The second kappa shape index (κ2) is 3.73. The first-order valence-electron chi connectivity index (χ1n) is 4.26. The van der Waals surface area contributed by atoms with Gasteiger partial charge in [-0.15, -0.1) is 0 Å². The molecule has 0 spiro atoms. The minimum Gasteiger partial charge on any atom is -0.299 e. The number of rotatable bonds is 1. The monoisotopic (exact) mass is 248 g/mol. The van der Waals surface area contributed by atoms with Gasteiger partial charge < -0.3 is 0 Å². The molecule has 1 aliphatic carbocycles. The minimum absolute atomic E-state index is 0.118. The lowest BCUT2D eigenvalue weighted by molar-refractivity contribution is -0.125. The molecule has 1 aliphatic rings. The minimum atomic E-state index is -0.118. The van der Waals surface area contributed by atoms with Crippen molar-refractivity contribution in [2.45, 2.75) is 18.8 Å². The maximum Gasteiger partial charge on any atom is 0.140 e. The van der Waals surface area contributed by atoms with E-state index in [1.54, 1.807) is 12.1 Å². The lowest BCUT2D eigenvalue weighted by Gasteiger charge is -2.26. The van der Waals surface area contributed by atoms with Crippen molar-refractivity contribution >= 4 is 40.6 Å². The quantitative estimate of drug-likeness (QED) is 0.732. The van der Waals surface area contributed by atoms with Crippen molar-refractivity contribution < 1.29 is 4.79 Å². The van der Waals surface area contributed by atoms with E-state index in [1.807, 2.05) is 0 Å². The fraction of sp³-hybridized carbons (Fsp3) is 0.300. The number of ketones is 1. The summed E-state index contributed by atoms with van der Waals surface area (Å²) in [6.07, 6.45) is 1.46. The van der Waals surface area contributed by atoms with Crippen LogP contribution in [0.1, 0.15) is 24.3 Å². The standard InChI is InChI=1S/C10H7Cl3O/c11-5-3-7(12)10(8(13)4-5)6-1-2-9(6)14/h3-4,6H,1-2H2. The van der Waals surface area contributed by atoms with E-state index in [1.165, 1.54) is 0 Å². The Morgan fingerprint density at radius 1 is 1.14 bits per heavy atom. The van der Waals surface area contributed by atoms with Crippen molar-refractivity contribution in [2.24, 2.45) is 0 Å². The summed E-state index contributed by atoms with van der Waals surface area (Å²) in [6, 6.07) is 3.24. The third kappa shape index (κ3) is 1.65. The molecule has 1 nitrogen and oxygen atoms in total. The fourth-order valence-electron chi connectivity index (χ4n) is 1.60. The molecule has 0 N–H and O–H groups in total. The number of halogens is 3. The molecule has 1 saturated carbocycles. The van der Waals surface area contributed by atoms with Crippen LogP contribution in [0, 0.1) is 0 Å². The van der Waals surface area contributed by atoms with Crippen LogP contribution in [0.4, 0.5) is 0 Å². The van der Waals surface area contributed by atoms with E-state index in [0.717, 1.165) is 12.0 Å². The Bertz CT molecular complexity index is 377. The summed E-state index contributed by atoms with van der Waals surface area (Å²) >= 11 is 17.7. The van der Waals surface area contributed by atoms with E-state index in [-0.39, 0.29) is 11.7 Å². The molecule has 1 fully saturated rings. The Kier molecular flexibility index (Phi) is 2.74. The van der Waals surface area contributed by atoms with Gasteiger partial charge in [0.1, 0.15) is 5.78 Å². The first-order valence-corrected chi connectivity index (χ1v) is 5.40. The Balaban J connectivity index is 2.47. The van der Waals surface area contributed by atoms with Gasteiger partial charge in [0.25, 0.3) is 0 Å². The summed E-state index contributed by atoms with van der Waals surface area (Å²) in [5, 5.41) is 1.47. The van der Waals surface area contributed by atoms with Gasteiger partial charge in [0.05, 0.1) is 0 Å². The SMILES string of the molecule is O=C1CCC1c1c(Cl)cc(Cl)cc1Cl. The van der Waals surface area contributed by atoms with Crippen LogP contribution in [-0.4, -0.2) is 5.78 Å². The van der Waals surface area contributed by atoms with E-state index in [2.05, 4.69) is 0 Å². The van der Waals surface area contributed by atoms with Crippen molar-refractivity contribution in [2.75, 3.05) is 0 Å². The van der Waals surface area contributed by atoms with Crippen LogP contribution in [0.25, 0.3) is 0 Å². The molecule has 14 heavy (non-hydrogen) atoms. The summed E-state index contributed by atoms with van der Waals surface area (Å²) in [6.45, 7) is 0. The molecule has 1 aromatic rings.